The molecule has 1 atom stereocenters. The number of nitrogens with zero attached hydrogens (tertiary/aromatic N) is 2. The van der Waals surface area contributed by atoms with Crippen molar-refractivity contribution >= 4 is 5.91 Å². The first-order chi connectivity index (χ1) is 12.6. The lowest BCUT2D eigenvalue weighted by molar-refractivity contribution is 0.0950. The molecule has 7 heteroatoms. The molecule has 0 aliphatic carbocycles. The first-order valence-corrected chi connectivity index (χ1v) is 8.59. The van der Waals surface area contributed by atoms with E-state index in [2.05, 4.69) is 31.5 Å². The van der Waals surface area contributed by atoms with Crippen molar-refractivity contribution in [2.75, 3.05) is 13.7 Å². The van der Waals surface area contributed by atoms with Gasteiger partial charge in [0.2, 0.25) is 0 Å². The third kappa shape index (κ3) is 2.75. The molecule has 1 aliphatic rings. The van der Waals surface area contributed by atoms with Crippen molar-refractivity contribution < 1.29 is 9.53 Å². The molecule has 0 unspecified atom stereocenters. The van der Waals surface area contributed by atoms with Gasteiger partial charge in [0.15, 0.2) is 0 Å². The molecule has 1 aliphatic heterocycles. The van der Waals surface area contributed by atoms with Crippen LogP contribution in [0, 0.1) is 13.8 Å². The normalized spacial score (nSPS) is 16.7. The Morgan fingerprint density at radius 2 is 2.12 bits per heavy atom. The number of hydrogen-bond acceptors (Lipinski definition) is 4. The summed E-state index contributed by atoms with van der Waals surface area (Å²) in [5.41, 5.74) is 5.15. The number of nitrogens with one attached hydrogen (secondary N) is 3. The Hall–Kier alpha value is -3.09. The lowest BCUT2D eigenvalue weighted by Crippen LogP contribution is -2.26. The molecule has 0 fully saturated rings. The molecular formula is C19H21N5O2. The quantitative estimate of drug-likeness (QED) is 0.675. The van der Waals surface area contributed by atoms with Gasteiger partial charge in [0, 0.05) is 23.9 Å². The molecule has 3 aromatic rings. The maximum Gasteiger partial charge on any atom is 0.271 e. The van der Waals surface area contributed by atoms with Crippen LogP contribution >= 0.6 is 0 Å². The number of benzene rings is 1. The summed E-state index contributed by atoms with van der Waals surface area (Å²) in [4.78, 5) is 20.4. The molecule has 1 aromatic carbocycles. The summed E-state index contributed by atoms with van der Waals surface area (Å²) in [5, 5.41) is 10.2. The Labute approximate surface area is 151 Å². The Kier molecular flexibility index (Phi) is 3.99. The van der Waals surface area contributed by atoms with Gasteiger partial charge in [0.05, 0.1) is 18.4 Å². The van der Waals surface area contributed by atoms with E-state index in [1.54, 1.807) is 7.11 Å². The predicted molar refractivity (Wildman–Crippen MR) is 97.4 cm³/mol. The topological polar surface area (TPSA) is 95.7 Å². The van der Waals surface area contributed by atoms with Gasteiger partial charge < -0.3 is 15.0 Å². The van der Waals surface area contributed by atoms with Crippen LogP contribution in [0.15, 0.2) is 24.3 Å². The Morgan fingerprint density at radius 3 is 2.85 bits per heavy atom. The predicted octanol–water partition coefficient (Wildman–Crippen LogP) is 2.49. The van der Waals surface area contributed by atoms with Gasteiger partial charge in [-0.15, -0.1) is 0 Å². The third-order valence-electron chi connectivity index (χ3n) is 4.88. The number of fused-ring (bicyclic) bond motifs is 1. The molecule has 26 heavy (non-hydrogen) atoms. The van der Waals surface area contributed by atoms with Crippen LogP contribution in [0.2, 0.25) is 0 Å². The van der Waals surface area contributed by atoms with E-state index in [1.807, 2.05) is 32.0 Å². The highest BCUT2D eigenvalue weighted by atomic mass is 16.5. The minimum atomic E-state index is -0.147. The number of aromatic nitrogens is 4. The van der Waals surface area contributed by atoms with Gasteiger partial charge in [-0.2, -0.15) is 5.10 Å². The van der Waals surface area contributed by atoms with E-state index in [1.165, 1.54) is 0 Å². The largest absolute Gasteiger partial charge is 0.497 e. The molecule has 0 radical (unpaired) electrons. The Balaban J connectivity index is 1.72. The summed E-state index contributed by atoms with van der Waals surface area (Å²) >= 11 is 0. The van der Waals surface area contributed by atoms with Gasteiger partial charge in [-0.1, -0.05) is 12.1 Å². The van der Waals surface area contributed by atoms with E-state index < -0.39 is 0 Å². The average Bonchev–Trinajstić information content (AvgIpc) is 3.16. The minimum Gasteiger partial charge on any atom is -0.497 e. The lowest BCUT2D eigenvalue weighted by atomic mass is 9.94. The first kappa shape index (κ1) is 16.4. The summed E-state index contributed by atoms with van der Waals surface area (Å²) in [6.07, 6.45) is 0.699. The molecule has 4 rings (SSSR count). The van der Waals surface area contributed by atoms with E-state index in [0.29, 0.717) is 24.5 Å². The zero-order chi connectivity index (χ0) is 18.3. The van der Waals surface area contributed by atoms with E-state index in [4.69, 9.17) is 4.74 Å². The fourth-order valence-electron chi connectivity index (χ4n) is 3.51. The summed E-state index contributed by atoms with van der Waals surface area (Å²) in [5.74, 6) is 1.50. The van der Waals surface area contributed by atoms with Crippen molar-refractivity contribution in [2.45, 2.75) is 26.2 Å². The number of ether oxygens (including phenoxy) is 1. The molecule has 2 aromatic heterocycles. The summed E-state index contributed by atoms with van der Waals surface area (Å²) in [7, 11) is 1.66. The lowest BCUT2D eigenvalue weighted by Gasteiger charge is -2.15. The second-order valence-corrected chi connectivity index (χ2v) is 6.61. The number of methoxy groups -OCH3 is 1. The van der Waals surface area contributed by atoms with Crippen molar-refractivity contribution in [2.24, 2.45) is 0 Å². The molecular weight excluding hydrogens is 330 g/mol. The smallest absolute Gasteiger partial charge is 0.271 e. The van der Waals surface area contributed by atoms with E-state index >= 15 is 0 Å². The fraction of sp³-hybridized carbons (Fsp3) is 0.316. The summed E-state index contributed by atoms with van der Waals surface area (Å²) < 4.78 is 5.33. The van der Waals surface area contributed by atoms with Crippen LogP contribution in [-0.4, -0.2) is 39.7 Å². The molecule has 0 spiro atoms. The van der Waals surface area contributed by atoms with Gasteiger partial charge in [0.1, 0.15) is 17.3 Å². The van der Waals surface area contributed by atoms with Crippen LogP contribution in [0.5, 0.6) is 5.75 Å². The highest BCUT2D eigenvalue weighted by Gasteiger charge is 2.27. The maximum absolute atomic E-state index is 12.5. The standard InChI is InChI=1S/C19H21N5O2/c1-10-16(11(2)24-23-10)18-21-15-8-13(9-20-19(25)17(15)22-18)12-5-4-6-14(7-12)26-3/h4-7,13H,8-9H2,1-3H3,(H,20,25)(H,21,22)(H,23,24)/t13-/m1/s1. The van der Waals surface area contributed by atoms with Crippen LogP contribution in [0.25, 0.3) is 11.4 Å². The number of amides is 1. The van der Waals surface area contributed by atoms with Crippen LogP contribution < -0.4 is 10.1 Å². The van der Waals surface area contributed by atoms with Crippen LogP contribution in [0.3, 0.4) is 0 Å². The van der Waals surface area contributed by atoms with Crippen LogP contribution in [0.1, 0.15) is 39.1 Å². The van der Waals surface area contributed by atoms with Crippen molar-refractivity contribution in [3.8, 4) is 17.1 Å². The SMILES string of the molecule is COc1cccc([C@H]2CNC(=O)c3nc(-c4c(C)n[nH]c4C)[nH]c3C2)c1. The zero-order valence-electron chi connectivity index (χ0n) is 15.0. The van der Waals surface area contributed by atoms with Crippen LogP contribution in [-0.2, 0) is 6.42 Å². The summed E-state index contributed by atoms with van der Waals surface area (Å²) in [6.45, 7) is 4.43. The van der Waals surface area contributed by atoms with Crippen molar-refractivity contribution in [3.63, 3.8) is 0 Å². The molecule has 7 nitrogen and oxygen atoms in total. The number of rotatable bonds is 3. The number of imidazole rings is 1. The zero-order valence-corrected chi connectivity index (χ0v) is 15.0. The number of carbonyl (C=O) groups is 1. The molecule has 1 amide bonds. The van der Waals surface area contributed by atoms with E-state index in [0.717, 1.165) is 34.0 Å². The highest BCUT2D eigenvalue weighted by Crippen LogP contribution is 2.29. The van der Waals surface area contributed by atoms with Crippen molar-refractivity contribution in [1.82, 2.24) is 25.5 Å². The molecule has 134 valence electrons. The van der Waals surface area contributed by atoms with Gasteiger partial charge in [0.25, 0.3) is 5.91 Å². The molecule has 3 N–H and O–H groups in total. The Bertz CT molecular complexity index is 953. The number of hydrogen-bond donors (Lipinski definition) is 3. The second kappa shape index (κ2) is 6.33. The van der Waals surface area contributed by atoms with Gasteiger partial charge >= 0.3 is 0 Å². The number of aryl methyl sites for hydroxylation is 2. The van der Waals surface area contributed by atoms with Crippen LogP contribution in [0.4, 0.5) is 0 Å². The van der Waals surface area contributed by atoms with Crippen molar-refractivity contribution in [1.29, 1.82) is 0 Å². The third-order valence-corrected chi connectivity index (χ3v) is 4.88. The maximum atomic E-state index is 12.5. The van der Waals surface area contributed by atoms with Gasteiger partial charge in [-0.25, -0.2) is 4.98 Å². The molecule has 0 saturated carbocycles. The highest BCUT2D eigenvalue weighted by molar-refractivity contribution is 5.94. The van der Waals surface area contributed by atoms with Crippen molar-refractivity contribution in [3.05, 3.63) is 52.6 Å². The fourth-order valence-corrected chi connectivity index (χ4v) is 3.51. The van der Waals surface area contributed by atoms with Gasteiger partial charge in [-0.3, -0.25) is 9.89 Å². The minimum absolute atomic E-state index is 0.147. The number of H-pyrrole nitrogens is 2. The molecule has 3 heterocycles. The van der Waals surface area contributed by atoms with E-state index in [9.17, 15) is 4.79 Å². The molecule has 0 bridgehead atoms. The number of aromatic amines is 2. The van der Waals surface area contributed by atoms with E-state index in [-0.39, 0.29) is 11.8 Å². The first-order valence-electron chi connectivity index (χ1n) is 8.59. The average molecular weight is 351 g/mol. The number of carbonyl (C=O) groups excluding carboxylic acids is 1. The monoisotopic (exact) mass is 351 g/mol. The second-order valence-electron chi connectivity index (χ2n) is 6.61. The Morgan fingerprint density at radius 1 is 1.27 bits per heavy atom. The van der Waals surface area contributed by atoms with Gasteiger partial charge in [-0.05, 0) is 38.0 Å². The molecule has 0 saturated heterocycles. The summed E-state index contributed by atoms with van der Waals surface area (Å²) in [6, 6.07) is 7.97.